The summed E-state index contributed by atoms with van der Waals surface area (Å²) in [4.78, 5) is 38.5. The molecule has 0 radical (unpaired) electrons. The second kappa shape index (κ2) is 8.59. The Labute approximate surface area is 168 Å². The summed E-state index contributed by atoms with van der Waals surface area (Å²) < 4.78 is 0. The van der Waals surface area contributed by atoms with Gasteiger partial charge in [0.1, 0.15) is 17.3 Å². The van der Waals surface area contributed by atoms with Crippen molar-refractivity contribution in [3.05, 3.63) is 66.1 Å². The second-order valence-electron chi connectivity index (χ2n) is 6.69. The van der Waals surface area contributed by atoms with Crippen LogP contribution in [0.25, 0.3) is 0 Å². The highest BCUT2D eigenvalue weighted by atomic mass is 16.1. The number of rotatable bonds is 5. The Hall–Kier alpha value is -3.62. The number of hydrogen-bond donors (Lipinski definition) is 1. The fourth-order valence-corrected chi connectivity index (χ4v) is 3.18. The average molecular weight is 390 g/mol. The third-order valence-electron chi connectivity index (χ3n) is 4.65. The number of anilines is 2. The van der Waals surface area contributed by atoms with Crippen LogP contribution in [0, 0.1) is 6.92 Å². The van der Waals surface area contributed by atoms with Crippen LogP contribution in [0.2, 0.25) is 0 Å². The van der Waals surface area contributed by atoms with Crippen LogP contribution in [0.4, 0.5) is 11.8 Å². The molecule has 0 unspecified atom stereocenters. The smallest absolute Gasteiger partial charge is 0.270 e. The maximum atomic E-state index is 12.6. The number of nitrogens with zero attached hydrogens (tertiary/aromatic N) is 7. The van der Waals surface area contributed by atoms with Gasteiger partial charge < -0.3 is 15.1 Å². The predicted octanol–water partition coefficient (Wildman–Crippen LogP) is 1.23. The highest BCUT2D eigenvalue weighted by molar-refractivity contribution is 5.92. The Bertz CT molecular complexity index is 959. The Balaban J connectivity index is 1.41. The van der Waals surface area contributed by atoms with E-state index in [-0.39, 0.29) is 5.91 Å². The van der Waals surface area contributed by atoms with Crippen molar-refractivity contribution < 1.29 is 4.79 Å². The number of carbonyl (C=O) groups excluding carboxylic acids is 1. The van der Waals surface area contributed by atoms with E-state index in [0.717, 1.165) is 43.6 Å². The van der Waals surface area contributed by atoms with Crippen molar-refractivity contribution in [2.45, 2.75) is 13.5 Å². The number of hydrogen-bond acceptors (Lipinski definition) is 8. The molecule has 0 spiro atoms. The van der Waals surface area contributed by atoms with Crippen LogP contribution in [0.1, 0.15) is 22.0 Å². The lowest BCUT2D eigenvalue weighted by atomic mass is 10.2. The van der Waals surface area contributed by atoms with Gasteiger partial charge in [-0.3, -0.25) is 9.78 Å². The van der Waals surface area contributed by atoms with Crippen LogP contribution >= 0.6 is 0 Å². The van der Waals surface area contributed by atoms with E-state index >= 15 is 0 Å². The largest absolute Gasteiger partial charge is 0.353 e. The summed E-state index contributed by atoms with van der Waals surface area (Å²) in [6.07, 6.45) is 5.20. The topological polar surface area (TPSA) is 100 Å². The maximum Gasteiger partial charge on any atom is 0.270 e. The van der Waals surface area contributed by atoms with Crippen molar-refractivity contribution in [3.8, 4) is 0 Å². The van der Waals surface area contributed by atoms with E-state index in [2.05, 4.69) is 40.0 Å². The zero-order valence-corrected chi connectivity index (χ0v) is 16.2. The van der Waals surface area contributed by atoms with E-state index in [4.69, 9.17) is 0 Å². The Kier molecular flexibility index (Phi) is 5.55. The third kappa shape index (κ3) is 4.63. The molecule has 148 valence electrons. The number of piperazine rings is 1. The standard InChI is InChI=1S/C20H22N8O/c1-15-25-17(19(29)24-14-16-5-2-3-6-21-16)13-18(26-15)27-9-11-28(12-10-27)20-22-7-4-8-23-20/h2-8,13H,9-12,14H2,1H3,(H,24,29). The summed E-state index contributed by atoms with van der Waals surface area (Å²) in [6, 6.07) is 9.16. The first kappa shape index (κ1) is 18.7. The molecule has 4 rings (SSSR count). The zero-order valence-electron chi connectivity index (χ0n) is 16.2. The van der Waals surface area contributed by atoms with Crippen molar-refractivity contribution in [2.75, 3.05) is 36.0 Å². The molecule has 4 heterocycles. The second-order valence-corrected chi connectivity index (χ2v) is 6.69. The van der Waals surface area contributed by atoms with Crippen LogP contribution in [0.5, 0.6) is 0 Å². The number of amides is 1. The molecule has 0 aliphatic carbocycles. The normalized spacial score (nSPS) is 14.0. The molecule has 1 fully saturated rings. The molecule has 1 N–H and O–H groups in total. The van der Waals surface area contributed by atoms with E-state index in [1.165, 1.54) is 0 Å². The van der Waals surface area contributed by atoms with Crippen molar-refractivity contribution in [3.63, 3.8) is 0 Å². The van der Waals surface area contributed by atoms with Crippen LogP contribution in [-0.4, -0.2) is 57.0 Å². The highest BCUT2D eigenvalue weighted by Crippen LogP contribution is 2.17. The Morgan fingerprint density at radius 1 is 0.966 bits per heavy atom. The lowest BCUT2D eigenvalue weighted by Gasteiger charge is -2.35. The lowest BCUT2D eigenvalue weighted by Crippen LogP contribution is -2.47. The third-order valence-corrected chi connectivity index (χ3v) is 4.65. The summed E-state index contributed by atoms with van der Waals surface area (Å²) in [5.74, 6) is 1.83. The van der Waals surface area contributed by atoms with Gasteiger partial charge in [-0.15, -0.1) is 0 Å². The molecule has 0 saturated carbocycles. The zero-order chi connectivity index (χ0) is 20.1. The first-order valence-electron chi connectivity index (χ1n) is 9.50. The van der Waals surface area contributed by atoms with E-state index < -0.39 is 0 Å². The van der Waals surface area contributed by atoms with Crippen molar-refractivity contribution in [1.29, 1.82) is 0 Å². The van der Waals surface area contributed by atoms with Gasteiger partial charge in [0.2, 0.25) is 5.95 Å². The fourth-order valence-electron chi connectivity index (χ4n) is 3.18. The molecule has 9 heteroatoms. The Morgan fingerprint density at radius 2 is 1.69 bits per heavy atom. The molecule has 29 heavy (non-hydrogen) atoms. The number of nitrogens with one attached hydrogen (secondary N) is 1. The molecule has 3 aromatic rings. The molecule has 1 saturated heterocycles. The minimum Gasteiger partial charge on any atom is -0.353 e. The molecule has 1 amide bonds. The first-order chi connectivity index (χ1) is 14.2. The molecular formula is C20H22N8O. The molecule has 9 nitrogen and oxygen atoms in total. The lowest BCUT2D eigenvalue weighted by molar-refractivity contribution is 0.0945. The van der Waals surface area contributed by atoms with E-state index in [1.54, 1.807) is 31.6 Å². The van der Waals surface area contributed by atoms with Crippen molar-refractivity contribution in [2.24, 2.45) is 0 Å². The summed E-state index contributed by atoms with van der Waals surface area (Å²) in [5.41, 5.74) is 1.16. The van der Waals surface area contributed by atoms with Crippen molar-refractivity contribution in [1.82, 2.24) is 30.2 Å². The molecular weight excluding hydrogens is 368 g/mol. The SMILES string of the molecule is Cc1nc(C(=O)NCc2ccccn2)cc(N2CCN(c3ncccn3)CC2)n1. The van der Waals surface area contributed by atoms with Gasteiger partial charge in [0, 0.05) is 50.8 Å². The number of carbonyl (C=O) groups is 1. The van der Waals surface area contributed by atoms with E-state index in [0.29, 0.717) is 18.1 Å². The molecule has 0 bridgehead atoms. The summed E-state index contributed by atoms with van der Waals surface area (Å²) in [7, 11) is 0. The number of pyridine rings is 1. The van der Waals surface area contributed by atoms with Crippen LogP contribution in [-0.2, 0) is 6.54 Å². The minimum atomic E-state index is -0.237. The van der Waals surface area contributed by atoms with Gasteiger partial charge in [-0.05, 0) is 25.1 Å². The van der Waals surface area contributed by atoms with Gasteiger partial charge in [-0.2, -0.15) is 0 Å². The summed E-state index contributed by atoms with van der Waals surface area (Å²) in [6.45, 7) is 5.26. The number of aryl methyl sites for hydroxylation is 1. The van der Waals surface area contributed by atoms with Gasteiger partial charge in [0.25, 0.3) is 5.91 Å². The summed E-state index contributed by atoms with van der Waals surface area (Å²) in [5, 5.41) is 2.87. The van der Waals surface area contributed by atoms with Crippen LogP contribution in [0.15, 0.2) is 48.9 Å². The van der Waals surface area contributed by atoms with Gasteiger partial charge in [0.05, 0.1) is 12.2 Å². The molecule has 1 aliphatic rings. The average Bonchev–Trinajstić information content (AvgIpc) is 2.78. The Morgan fingerprint density at radius 3 is 2.41 bits per heavy atom. The molecule has 0 aromatic carbocycles. The van der Waals surface area contributed by atoms with Gasteiger partial charge in [0.15, 0.2) is 0 Å². The number of aromatic nitrogens is 5. The van der Waals surface area contributed by atoms with Gasteiger partial charge >= 0.3 is 0 Å². The minimum absolute atomic E-state index is 0.237. The van der Waals surface area contributed by atoms with Crippen LogP contribution < -0.4 is 15.1 Å². The molecule has 0 atom stereocenters. The fraction of sp³-hybridized carbons (Fsp3) is 0.300. The first-order valence-corrected chi connectivity index (χ1v) is 9.50. The van der Waals surface area contributed by atoms with Gasteiger partial charge in [-0.25, -0.2) is 19.9 Å². The highest BCUT2D eigenvalue weighted by Gasteiger charge is 2.21. The molecule has 1 aliphatic heterocycles. The summed E-state index contributed by atoms with van der Waals surface area (Å²) >= 11 is 0. The maximum absolute atomic E-state index is 12.6. The monoisotopic (exact) mass is 390 g/mol. The van der Waals surface area contributed by atoms with Gasteiger partial charge in [-0.1, -0.05) is 6.07 Å². The van der Waals surface area contributed by atoms with E-state index in [1.807, 2.05) is 24.3 Å². The van der Waals surface area contributed by atoms with Crippen LogP contribution in [0.3, 0.4) is 0 Å². The quantitative estimate of drug-likeness (QED) is 0.694. The predicted molar refractivity (Wildman–Crippen MR) is 109 cm³/mol. The van der Waals surface area contributed by atoms with E-state index in [9.17, 15) is 4.79 Å². The van der Waals surface area contributed by atoms with Crippen molar-refractivity contribution >= 4 is 17.7 Å². The molecule has 3 aromatic heterocycles.